The number of hydrogen-bond donors (Lipinski definition) is 1. The first-order chi connectivity index (χ1) is 20.2. The second-order valence-electron chi connectivity index (χ2n) is 11.2. The minimum Gasteiger partial charge on any atom is -0.314 e. The highest BCUT2D eigenvalue weighted by Gasteiger charge is 2.46. The van der Waals surface area contributed by atoms with E-state index in [9.17, 15) is 0 Å². The van der Waals surface area contributed by atoms with Gasteiger partial charge in [-0.2, -0.15) is 0 Å². The zero-order valence-electron chi connectivity index (χ0n) is 22.7. The van der Waals surface area contributed by atoms with Gasteiger partial charge in [-0.1, -0.05) is 146 Å². The van der Waals surface area contributed by atoms with Crippen molar-refractivity contribution in [1.82, 2.24) is 0 Å². The summed E-state index contributed by atoms with van der Waals surface area (Å²) in [6.45, 7) is 0. The number of rotatable bonds is 5. The van der Waals surface area contributed by atoms with Gasteiger partial charge < -0.3 is 5.73 Å². The smallest absolute Gasteiger partial charge is 0.0863 e. The molecule has 6 aromatic carbocycles. The van der Waals surface area contributed by atoms with Crippen LogP contribution in [0.4, 0.5) is 0 Å². The highest BCUT2D eigenvalue weighted by molar-refractivity contribution is 5.92. The summed E-state index contributed by atoms with van der Waals surface area (Å²) in [6, 6.07) is 57.0. The van der Waals surface area contributed by atoms with Crippen LogP contribution < -0.4 is 5.73 Å². The standard InChI is InChI=1S/C40H29N/c41-39(27-38(39)28-13-4-1-5-14-28)33-20-12-15-29(25-33)30-23-24-37-35(26-30)34-21-10-11-22-36(34)40(37,31-16-6-2-7-17-31)32-18-8-3-9-19-32/h1-27H,41H2. The highest BCUT2D eigenvalue weighted by atomic mass is 14.8. The Labute approximate surface area is 241 Å². The molecule has 41 heavy (non-hydrogen) atoms. The Bertz CT molecular complexity index is 1900. The molecule has 1 nitrogen and oxygen atoms in total. The van der Waals surface area contributed by atoms with Crippen molar-refractivity contribution in [3.05, 3.63) is 197 Å². The van der Waals surface area contributed by atoms with Crippen LogP contribution in [0.1, 0.15) is 33.4 Å². The van der Waals surface area contributed by atoms with Crippen LogP contribution in [0.3, 0.4) is 0 Å². The summed E-state index contributed by atoms with van der Waals surface area (Å²) in [5.74, 6) is 0. The molecule has 1 unspecified atom stereocenters. The molecule has 0 aliphatic heterocycles. The van der Waals surface area contributed by atoms with Crippen molar-refractivity contribution in [2.24, 2.45) is 5.73 Å². The molecule has 0 bridgehead atoms. The summed E-state index contributed by atoms with van der Waals surface area (Å²) < 4.78 is 0. The molecule has 194 valence electrons. The lowest BCUT2D eigenvalue weighted by Gasteiger charge is -2.33. The van der Waals surface area contributed by atoms with Gasteiger partial charge in [0.2, 0.25) is 0 Å². The molecule has 0 saturated heterocycles. The lowest BCUT2D eigenvalue weighted by atomic mass is 9.67. The molecule has 0 heterocycles. The molecule has 2 aliphatic rings. The monoisotopic (exact) mass is 523 g/mol. The van der Waals surface area contributed by atoms with Crippen LogP contribution in [0, 0.1) is 0 Å². The van der Waals surface area contributed by atoms with Gasteiger partial charge in [0.25, 0.3) is 0 Å². The van der Waals surface area contributed by atoms with E-state index < -0.39 is 5.54 Å². The Balaban J connectivity index is 1.28. The Morgan fingerprint density at radius 1 is 0.390 bits per heavy atom. The lowest BCUT2D eigenvalue weighted by molar-refractivity contribution is 0.768. The molecule has 2 aliphatic carbocycles. The van der Waals surface area contributed by atoms with Crippen molar-refractivity contribution in [2.75, 3.05) is 0 Å². The topological polar surface area (TPSA) is 26.0 Å². The van der Waals surface area contributed by atoms with E-state index in [2.05, 4.69) is 158 Å². The van der Waals surface area contributed by atoms with E-state index >= 15 is 0 Å². The average Bonchev–Trinajstić information content (AvgIpc) is 3.67. The first-order valence-corrected chi connectivity index (χ1v) is 14.2. The fourth-order valence-corrected chi connectivity index (χ4v) is 6.96. The molecule has 0 saturated carbocycles. The van der Waals surface area contributed by atoms with Gasteiger partial charge in [0, 0.05) is 0 Å². The predicted octanol–water partition coefficient (Wildman–Crippen LogP) is 8.97. The van der Waals surface area contributed by atoms with Crippen molar-refractivity contribution >= 4 is 5.57 Å². The maximum atomic E-state index is 6.92. The molecule has 0 amide bonds. The quantitative estimate of drug-likeness (QED) is 0.239. The summed E-state index contributed by atoms with van der Waals surface area (Å²) in [5, 5.41) is 0. The molecule has 0 radical (unpaired) electrons. The predicted molar refractivity (Wildman–Crippen MR) is 169 cm³/mol. The van der Waals surface area contributed by atoms with Gasteiger partial charge in [-0.05, 0) is 79.4 Å². The van der Waals surface area contributed by atoms with Crippen molar-refractivity contribution in [2.45, 2.75) is 11.0 Å². The van der Waals surface area contributed by atoms with Crippen molar-refractivity contribution in [3.63, 3.8) is 0 Å². The average molecular weight is 524 g/mol. The molecule has 2 N–H and O–H groups in total. The summed E-state index contributed by atoms with van der Waals surface area (Å²) in [7, 11) is 0. The van der Waals surface area contributed by atoms with Gasteiger partial charge in [-0.3, -0.25) is 0 Å². The molecular weight excluding hydrogens is 494 g/mol. The Kier molecular flexibility index (Phi) is 5.25. The van der Waals surface area contributed by atoms with Crippen LogP contribution >= 0.6 is 0 Å². The SMILES string of the molecule is NC1(c2cccc(-c3ccc4c(c3)-c3ccccc3C4(c3ccccc3)c3ccccc3)c2)C=C1c1ccccc1. The fraction of sp³-hybridized carbons (Fsp3) is 0.0500. The van der Waals surface area contributed by atoms with Crippen molar-refractivity contribution < 1.29 is 0 Å². The third-order valence-corrected chi connectivity index (χ3v) is 8.95. The largest absolute Gasteiger partial charge is 0.314 e. The Hall–Kier alpha value is -4.98. The molecule has 6 aromatic rings. The van der Waals surface area contributed by atoms with E-state index in [1.54, 1.807) is 0 Å². The lowest BCUT2D eigenvalue weighted by Crippen LogP contribution is -2.28. The minimum absolute atomic E-state index is 0.376. The number of nitrogens with two attached hydrogens (primary N) is 1. The van der Waals surface area contributed by atoms with Crippen LogP contribution in [0.2, 0.25) is 0 Å². The molecule has 1 heteroatoms. The second-order valence-corrected chi connectivity index (χ2v) is 11.2. The van der Waals surface area contributed by atoms with Crippen LogP contribution in [0.5, 0.6) is 0 Å². The number of benzene rings is 6. The normalized spacial score (nSPS) is 17.8. The molecule has 0 spiro atoms. The fourth-order valence-electron chi connectivity index (χ4n) is 6.96. The maximum absolute atomic E-state index is 6.92. The summed E-state index contributed by atoms with van der Waals surface area (Å²) in [4.78, 5) is 0. The third kappa shape index (κ3) is 3.53. The Morgan fingerprint density at radius 2 is 0.927 bits per heavy atom. The third-order valence-electron chi connectivity index (χ3n) is 8.95. The van der Waals surface area contributed by atoms with E-state index in [0.717, 1.165) is 5.56 Å². The van der Waals surface area contributed by atoms with Crippen LogP contribution in [-0.4, -0.2) is 0 Å². The van der Waals surface area contributed by atoms with Gasteiger partial charge in [0.15, 0.2) is 0 Å². The molecule has 8 rings (SSSR count). The Morgan fingerprint density at radius 3 is 1.63 bits per heavy atom. The minimum atomic E-state index is -0.517. The maximum Gasteiger partial charge on any atom is 0.0863 e. The number of fused-ring (bicyclic) bond motifs is 3. The van der Waals surface area contributed by atoms with E-state index in [4.69, 9.17) is 5.73 Å². The molecular formula is C40H29N. The van der Waals surface area contributed by atoms with E-state index in [-0.39, 0.29) is 5.41 Å². The summed E-state index contributed by atoms with van der Waals surface area (Å²) >= 11 is 0. The van der Waals surface area contributed by atoms with E-state index in [0.29, 0.717) is 0 Å². The van der Waals surface area contributed by atoms with Gasteiger partial charge >= 0.3 is 0 Å². The van der Waals surface area contributed by atoms with Crippen LogP contribution in [-0.2, 0) is 11.0 Å². The van der Waals surface area contributed by atoms with Crippen LogP contribution in [0.15, 0.2) is 164 Å². The van der Waals surface area contributed by atoms with E-state index in [1.807, 2.05) is 6.07 Å². The van der Waals surface area contributed by atoms with Gasteiger partial charge in [-0.15, -0.1) is 0 Å². The summed E-state index contributed by atoms with van der Waals surface area (Å²) in [6.07, 6.45) is 2.18. The molecule has 0 fully saturated rings. The van der Waals surface area contributed by atoms with Gasteiger partial charge in [-0.25, -0.2) is 0 Å². The van der Waals surface area contributed by atoms with Gasteiger partial charge in [0.05, 0.1) is 11.0 Å². The second kappa shape index (κ2) is 9.02. The molecule has 1 atom stereocenters. The highest BCUT2D eigenvalue weighted by Crippen LogP contribution is 2.56. The van der Waals surface area contributed by atoms with Crippen molar-refractivity contribution in [1.29, 1.82) is 0 Å². The van der Waals surface area contributed by atoms with E-state index in [1.165, 1.54) is 55.6 Å². The number of hydrogen-bond acceptors (Lipinski definition) is 1. The van der Waals surface area contributed by atoms with Gasteiger partial charge in [0.1, 0.15) is 0 Å². The van der Waals surface area contributed by atoms with Crippen LogP contribution in [0.25, 0.3) is 27.8 Å². The first kappa shape index (κ1) is 23.9. The zero-order valence-corrected chi connectivity index (χ0v) is 22.7. The van der Waals surface area contributed by atoms with Crippen molar-refractivity contribution in [3.8, 4) is 22.3 Å². The molecule has 0 aromatic heterocycles. The zero-order chi connectivity index (χ0) is 27.4. The summed E-state index contributed by atoms with van der Waals surface area (Å²) in [5.41, 5.74) is 19.7. The first-order valence-electron chi connectivity index (χ1n) is 14.2.